The maximum absolute atomic E-state index is 12.9. The van der Waals surface area contributed by atoms with Crippen LogP contribution in [0.5, 0.6) is 0 Å². The fraction of sp³-hybridized carbons (Fsp3) is 0.400. The monoisotopic (exact) mass is 287 g/mol. The van der Waals surface area contributed by atoms with Crippen LogP contribution in [0.25, 0.3) is 10.8 Å². The maximum Gasteiger partial charge on any atom is 0.128 e. The number of hydrogen-bond donors (Lipinski definition) is 1. The molecule has 2 N–H and O–H groups in total. The summed E-state index contributed by atoms with van der Waals surface area (Å²) in [5, 5.41) is 2.05. The second-order valence-electron chi connectivity index (χ2n) is 5.89. The molecule has 20 heavy (non-hydrogen) atoms. The van der Waals surface area contributed by atoms with Gasteiger partial charge < -0.3 is 5.73 Å². The maximum atomic E-state index is 12.9. The molecule has 0 spiro atoms. The largest absolute Gasteiger partial charge is 0.324 e. The van der Waals surface area contributed by atoms with Gasteiger partial charge in [0.15, 0.2) is 0 Å². The highest BCUT2D eigenvalue weighted by atomic mass is 32.2. The van der Waals surface area contributed by atoms with Gasteiger partial charge in [-0.05, 0) is 30.9 Å². The van der Waals surface area contributed by atoms with E-state index in [1.54, 1.807) is 6.20 Å². The summed E-state index contributed by atoms with van der Waals surface area (Å²) in [6.45, 7) is 1.59. The van der Waals surface area contributed by atoms with Gasteiger partial charge in [0, 0.05) is 41.8 Å². The van der Waals surface area contributed by atoms with Crippen LogP contribution in [-0.4, -0.2) is 32.1 Å². The highest BCUT2D eigenvalue weighted by Crippen LogP contribution is 2.43. The van der Waals surface area contributed by atoms with E-state index in [1.165, 1.54) is 6.42 Å². The van der Waals surface area contributed by atoms with Gasteiger partial charge in [0.25, 0.3) is 0 Å². The Bertz CT molecular complexity index is 699. The van der Waals surface area contributed by atoms with Crippen LogP contribution in [0.4, 0.5) is 0 Å². The van der Waals surface area contributed by atoms with E-state index < -0.39 is 11.0 Å². The molecule has 1 saturated heterocycles. The van der Waals surface area contributed by atoms with Crippen molar-refractivity contribution in [3.05, 3.63) is 36.7 Å². The second kappa shape index (κ2) is 4.35. The van der Waals surface area contributed by atoms with E-state index >= 15 is 0 Å². The van der Waals surface area contributed by atoms with Crippen molar-refractivity contribution in [2.75, 3.05) is 13.1 Å². The zero-order valence-corrected chi connectivity index (χ0v) is 12.0. The van der Waals surface area contributed by atoms with Gasteiger partial charge >= 0.3 is 0 Å². The van der Waals surface area contributed by atoms with Gasteiger partial charge in [0.2, 0.25) is 0 Å². The first kappa shape index (κ1) is 12.4. The molecule has 1 saturated carbocycles. The molecule has 104 valence electrons. The molecule has 2 fully saturated rings. The summed E-state index contributed by atoms with van der Waals surface area (Å²) >= 11 is 0. The summed E-state index contributed by atoms with van der Waals surface area (Å²) in [4.78, 5) is 4.99. The SMILES string of the molecule is NC12CCC1CN(S(=O)c1cccc3cnccc13)C2. The van der Waals surface area contributed by atoms with Crippen LogP contribution < -0.4 is 5.73 Å². The van der Waals surface area contributed by atoms with Crippen molar-refractivity contribution >= 4 is 21.8 Å². The predicted octanol–water partition coefficient (Wildman–Crippen LogP) is 1.68. The molecule has 1 aromatic carbocycles. The first-order valence-electron chi connectivity index (χ1n) is 6.96. The number of fused-ring (bicyclic) bond motifs is 2. The Morgan fingerprint density at radius 2 is 2.30 bits per heavy atom. The number of aromatic nitrogens is 1. The zero-order valence-electron chi connectivity index (χ0n) is 11.2. The predicted molar refractivity (Wildman–Crippen MR) is 79.4 cm³/mol. The van der Waals surface area contributed by atoms with Gasteiger partial charge in [0.05, 0.1) is 4.90 Å². The summed E-state index contributed by atoms with van der Waals surface area (Å²) < 4.78 is 14.9. The van der Waals surface area contributed by atoms with Crippen LogP contribution in [-0.2, 0) is 11.0 Å². The number of hydrogen-bond acceptors (Lipinski definition) is 3. The molecule has 2 aromatic rings. The third kappa shape index (κ3) is 1.74. The van der Waals surface area contributed by atoms with Gasteiger partial charge in [-0.25, -0.2) is 8.51 Å². The molecule has 1 aliphatic heterocycles. The van der Waals surface area contributed by atoms with Crippen molar-refractivity contribution < 1.29 is 4.21 Å². The van der Waals surface area contributed by atoms with Gasteiger partial charge in [-0.3, -0.25) is 4.98 Å². The van der Waals surface area contributed by atoms with Crippen molar-refractivity contribution in [2.24, 2.45) is 11.7 Å². The quantitative estimate of drug-likeness (QED) is 0.914. The molecular formula is C15H17N3OS. The second-order valence-corrected chi connectivity index (χ2v) is 7.35. The lowest BCUT2D eigenvalue weighted by atomic mass is 9.70. The minimum absolute atomic E-state index is 0.0954. The zero-order chi connectivity index (χ0) is 13.7. The Morgan fingerprint density at radius 1 is 1.40 bits per heavy atom. The molecule has 2 aliphatic rings. The van der Waals surface area contributed by atoms with E-state index in [0.29, 0.717) is 5.92 Å². The average molecular weight is 287 g/mol. The Morgan fingerprint density at radius 3 is 3.00 bits per heavy atom. The molecular weight excluding hydrogens is 270 g/mol. The molecule has 4 rings (SSSR count). The molecule has 1 aromatic heterocycles. The first-order valence-corrected chi connectivity index (χ1v) is 8.06. The summed E-state index contributed by atoms with van der Waals surface area (Å²) in [5.41, 5.74) is 6.25. The summed E-state index contributed by atoms with van der Waals surface area (Å²) in [6.07, 6.45) is 5.80. The van der Waals surface area contributed by atoms with Gasteiger partial charge in [-0.15, -0.1) is 0 Å². The van der Waals surface area contributed by atoms with E-state index in [9.17, 15) is 4.21 Å². The van der Waals surface area contributed by atoms with E-state index in [4.69, 9.17) is 5.73 Å². The van der Waals surface area contributed by atoms with Crippen LogP contribution >= 0.6 is 0 Å². The number of nitrogens with zero attached hydrogens (tertiary/aromatic N) is 2. The Kier molecular flexibility index (Phi) is 2.70. The smallest absolute Gasteiger partial charge is 0.128 e. The van der Waals surface area contributed by atoms with E-state index in [-0.39, 0.29) is 5.54 Å². The minimum atomic E-state index is -1.14. The summed E-state index contributed by atoms with van der Waals surface area (Å²) in [7, 11) is -1.14. The van der Waals surface area contributed by atoms with E-state index in [1.807, 2.05) is 34.8 Å². The molecule has 0 bridgehead atoms. The van der Waals surface area contributed by atoms with E-state index in [0.717, 1.165) is 35.2 Å². The van der Waals surface area contributed by atoms with Crippen molar-refractivity contribution in [1.29, 1.82) is 0 Å². The van der Waals surface area contributed by atoms with Crippen molar-refractivity contribution in [3.8, 4) is 0 Å². The van der Waals surface area contributed by atoms with Gasteiger partial charge in [-0.1, -0.05) is 12.1 Å². The molecule has 3 unspecified atom stereocenters. The fourth-order valence-electron chi connectivity index (χ4n) is 3.35. The third-order valence-corrected chi connectivity index (χ3v) is 6.21. The molecule has 2 heterocycles. The topological polar surface area (TPSA) is 59.2 Å². The Hall–Kier alpha value is -1.30. The molecule has 1 aliphatic carbocycles. The Balaban J connectivity index is 1.71. The summed E-state index contributed by atoms with van der Waals surface area (Å²) in [6, 6.07) is 7.83. The average Bonchev–Trinajstić information content (AvgIpc) is 2.70. The fourth-order valence-corrected chi connectivity index (χ4v) is 4.87. The normalized spacial score (nSPS) is 30.9. The number of pyridine rings is 1. The molecule has 4 nitrogen and oxygen atoms in total. The van der Waals surface area contributed by atoms with Crippen molar-refractivity contribution in [3.63, 3.8) is 0 Å². The standard InChI is InChI=1S/C15H17N3OS/c16-15-6-4-12(15)9-18(10-15)20(19)14-3-1-2-11-8-17-7-5-13(11)14/h1-3,5,7-8,12H,4,6,9-10,16H2. The van der Waals surface area contributed by atoms with Crippen LogP contribution in [0.1, 0.15) is 12.8 Å². The number of rotatable bonds is 2. The minimum Gasteiger partial charge on any atom is -0.324 e. The third-order valence-electron chi connectivity index (χ3n) is 4.73. The number of benzene rings is 1. The molecule has 0 radical (unpaired) electrons. The van der Waals surface area contributed by atoms with Gasteiger partial charge in [0.1, 0.15) is 11.0 Å². The summed E-state index contributed by atoms with van der Waals surface area (Å²) in [5.74, 6) is 0.517. The number of nitrogens with two attached hydrogens (primary N) is 1. The lowest BCUT2D eigenvalue weighted by Gasteiger charge is -2.40. The van der Waals surface area contributed by atoms with Crippen LogP contribution in [0.3, 0.4) is 0 Å². The Labute approximate surface area is 120 Å². The highest BCUT2D eigenvalue weighted by molar-refractivity contribution is 7.83. The molecule has 0 amide bonds. The molecule has 5 heteroatoms. The van der Waals surface area contributed by atoms with Crippen LogP contribution in [0.2, 0.25) is 0 Å². The lowest BCUT2D eigenvalue weighted by Crippen LogP contribution is -2.54. The lowest BCUT2D eigenvalue weighted by molar-refractivity contribution is 0.189. The van der Waals surface area contributed by atoms with Crippen molar-refractivity contribution in [1.82, 2.24) is 9.29 Å². The van der Waals surface area contributed by atoms with Crippen LogP contribution in [0.15, 0.2) is 41.6 Å². The highest BCUT2D eigenvalue weighted by Gasteiger charge is 2.51. The van der Waals surface area contributed by atoms with Gasteiger partial charge in [-0.2, -0.15) is 0 Å². The van der Waals surface area contributed by atoms with E-state index in [2.05, 4.69) is 4.98 Å². The van der Waals surface area contributed by atoms with Crippen molar-refractivity contribution in [2.45, 2.75) is 23.3 Å². The first-order chi connectivity index (χ1) is 9.67. The van der Waals surface area contributed by atoms with Crippen LogP contribution in [0, 0.1) is 5.92 Å². The molecule has 3 atom stereocenters.